The molecule has 2 heterocycles. The molecule has 0 aromatic carbocycles. The molecular formula is C15H19N3S. The Bertz CT molecular complexity index is 531. The predicted molar refractivity (Wildman–Crippen MR) is 78.4 cm³/mol. The van der Waals surface area contributed by atoms with Crippen molar-refractivity contribution in [3.8, 4) is 0 Å². The maximum Gasteiger partial charge on any atom is 0.114 e. The van der Waals surface area contributed by atoms with Crippen LogP contribution < -0.4 is 5.32 Å². The largest absolute Gasteiger partial charge is 0.301 e. The van der Waals surface area contributed by atoms with Crippen LogP contribution in [0, 0.1) is 0 Å². The first-order valence-corrected chi connectivity index (χ1v) is 7.73. The second-order valence-electron chi connectivity index (χ2n) is 5.43. The second-order valence-corrected chi connectivity index (χ2v) is 6.32. The van der Waals surface area contributed by atoms with Crippen LogP contribution >= 0.6 is 11.3 Å². The molecule has 1 unspecified atom stereocenters. The summed E-state index contributed by atoms with van der Waals surface area (Å²) in [5, 5.41) is 7.02. The minimum Gasteiger partial charge on any atom is -0.301 e. The summed E-state index contributed by atoms with van der Waals surface area (Å²) in [6.07, 6.45) is 6.31. The Balaban J connectivity index is 1.89. The molecule has 4 heteroatoms. The van der Waals surface area contributed by atoms with Gasteiger partial charge in [0.15, 0.2) is 0 Å². The highest BCUT2D eigenvalue weighted by Crippen LogP contribution is 2.31. The van der Waals surface area contributed by atoms with Crippen LogP contribution in [-0.2, 0) is 0 Å². The lowest BCUT2D eigenvalue weighted by Crippen LogP contribution is -2.24. The van der Waals surface area contributed by atoms with E-state index in [0.29, 0.717) is 12.0 Å². The first-order chi connectivity index (χ1) is 9.24. The van der Waals surface area contributed by atoms with Crippen molar-refractivity contribution in [2.24, 2.45) is 0 Å². The van der Waals surface area contributed by atoms with Crippen molar-refractivity contribution in [2.75, 3.05) is 0 Å². The summed E-state index contributed by atoms with van der Waals surface area (Å²) in [5.41, 5.74) is 2.39. The molecular weight excluding hydrogens is 254 g/mol. The van der Waals surface area contributed by atoms with E-state index in [0.717, 1.165) is 5.01 Å². The third-order valence-electron chi connectivity index (χ3n) is 3.38. The van der Waals surface area contributed by atoms with Crippen molar-refractivity contribution in [2.45, 2.75) is 44.7 Å². The second kappa shape index (κ2) is 5.39. The molecule has 19 heavy (non-hydrogen) atoms. The molecule has 0 saturated heterocycles. The number of nitrogens with zero attached hydrogens (tertiary/aromatic N) is 2. The Labute approximate surface area is 118 Å². The normalized spacial score (nSPS) is 16.8. The van der Waals surface area contributed by atoms with Gasteiger partial charge in [-0.3, -0.25) is 4.98 Å². The van der Waals surface area contributed by atoms with E-state index in [4.69, 9.17) is 4.98 Å². The summed E-state index contributed by atoms with van der Waals surface area (Å²) in [6, 6.07) is 4.97. The molecule has 1 fully saturated rings. The molecule has 1 N–H and O–H groups in total. The average molecular weight is 273 g/mol. The number of hydrogen-bond acceptors (Lipinski definition) is 4. The zero-order valence-electron chi connectivity index (χ0n) is 11.3. The number of rotatable bonds is 5. The Morgan fingerprint density at radius 3 is 2.79 bits per heavy atom. The van der Waals surface area contributed by atoms with Gasteiger partial charge in [0.2, 0.25) is 0 Å². The Morgan fingerprint density at radius 2 is 2.21 bits per heavy atom. The number of thiazole rings is 1. The highest BCUT2D eigenvalue weighted by atomic mass is 32.1. The van der Waals surface area contributed by atoms with E-state index in [-0.39, 0.29) is 6.04 Å². The van der Waals surface area contributed by atoms with Crippen LogP contribution in [-0.4, -0.2) is 16.0 Å². The molecule has 3 nitrogen and oxygen atoms in total. The van der Waals surface area contributed by atoms with Crippen molar-refractivity contribution in [1.82, 2.24) is 15.3 Å². The fourth-order valence-corrected chi connectivity index (χ4v) is 3.11. The summed E-state index contributed by atoms with van der Waals surface area (Å²) in [5.74, 6) is 0.487. The van der Waals surface area contributed by atoms with Gasteiger partial charge in [-0.1, -0.05) is 19.9 Å². The van der Waals surface area contributed by atoms with E-state index in [1.54, 1.807) is 11.3 Å². The molecule has 1 saturated carbocycles. The van der Waals surface area contributed by atoms with Gasteiger partial charge >= 0.3 is 0 Å². The van der Waals surface area contributed by atoms with Gasteiger partial charge in [0, 0.05) is 23.8 Å². The van der Waals surface area contributed by atoms with Crippen LogP contribution in [0.25, 0.3) is 0 Å². The van der Waals surface area contributed by atoms with Gasteiger partial charge in [0.1, 0.15) is 5.01 Å². The Kier molecular flexibility index (Phi) is 3.62. The lowest BCUT2D eigenvalue weighted by Gasteiger charge is -2.16. The lowest BCUT2D eigenvalue weighted by atomic mass is 10.1. The molecule has 3 rings (SSSR count). The average Bonchev–Trinajstić information content (AvgIpc) is 3.11. The lowest BCUT2D eigenvalue weighted by molar-refractivity contribution is 0.593. The molecule has 0 radical (unpaired) electrons. The first-order valence-electron chi connectivity index (χ1n) is 6.85. The van der Waals surface area contributed by atoms with Crippen LogP contribution in [0.4, 0.5) is 0 Å². The quantitative estimate of drug-likeness (QED) is 0.906. The van der Waals surface area contributed by atoms with Gasteiger partial charge in [-0.05, 0) is 30.4 Å². The summed E-state index contributed by atoms with van der Waals surface area (Å²) < 4.78 is 0. The maximum atomic E-state index is 4.80. The van der Waals surface area contributed by atoms with Gasteiger partial charge in [-0.25, -0.2) is 4.98 Å². The molecule has 2 aromatic rings. The van der Waals surface area contributed by atoms with Gasteiger partial charge in [-0.15, -0.1) is 11.3 Å². The molecule has 0 spiro atoms. The number of hydrogen-bond donors (Lipinski definition) is 1. The molecule has 100 valence electrons. The molecule has 0 amide bonds. The SMILES string of the molecule is CC(C)c1csc(C(NC2CC2)c2cccnc2)n1. The Hall–Kier alpha value is -1.26. The standard InChI is InChI=1S/C15H19N3S/c1-10(2)13-9-19-15(18-13)14(17-12-5-6-12)11-4-3-7-16-8-11/h3-4,7-10,12,14,17H,5-6H2,1-2H3. The monoisotopic (exact) mass is 273 g/mol. The van der Waals surface area contributed by atoms with Crippen LogP contribution in [0.1, 0.15) is 54.9 Å². The predicted octanol–water partition coefficient (Wildman–Crippen LogP) is 3.50. The zero-order valence-corrected chi connectivity index (χ0v) is 12.2. The summed E-state index contributed by atoms with van der Waals surface area (Å²) in [6.45, 7) is 4.37. The Morgan fingerprint density at radius 1 is 1.37 bits per heavy atom. The molecule has 0 aliphatic heterocycles. The maximum absolute atomic E-state index is 4.80. The van der Waals surface area contributed by atoms with Crippen molar-refractivity contribution in [3.63, 3.8) is 0 Å². The molecule has 1 aliphatic rings. The fraction of sp³-hybridized carbons (Fsp3) is 0.467. The molecule has 2 aromatic heterocycles. The van der Waals surface area contributed by atoms with Crippen molar-refractivity contribution in [3.05, 3.63) is 46.2 Å². The van der Waals surface area contributed by atoms with E-state index < -0.39 is 0 Å². The fourth-order valence-electron chi connectivity index (χ4n) is 2.04. The van der Waals surface area contributed by atoms with Gasteiger partial charge in [-0.2, -0.15) is 0 Å². The molecule has 0 bridgehead atoms. The zero-order chi connectivity index (χ0) is 13.2. The van der Waals surface area contributed by atoms with Gasteiger partial charge in [0.05, 0.1) is 11.7 Å². The smallest absolute Gasteiger partial charge is 0.114 e. The minimum absolute atomic E-state index is 0.193. The van der Waals surface area contributed by atoms with E-state index >= 15 is 0 Å². The van der Waals surface area contributed by atoms with Crippen molar-refractivity contribution in [1.29, 1.82) is 0 Å². The van der Waals surface area contributed by atoms with Crippen LogP contribution in [0.5, 0.6) is 0 Å². The highest BCUT2D eigenvalue weighted by Gasteiger charge is 2.28. The summed E-state index contributed by atoms with van der Waals surface area (Å²) >= 11 is 1.75. The molecule has 1 aliphatic carbocycles. The van der Waals surface area contributed by atoms with Gasteiger partial charge < -0.3 is 5.32 Å². The number of pyridine rings is 1. The van der Waals surface area contributed by atoms with Gasteiger partial charge in [0.25, 0.3) is 0 Å². The third kappa shape index (κ3) is 3.01. The van der Waals surface area contributed by atoms with E-state index in [1.807, 2.05) is 18.5 Å². The third-order valence-corrected chi connectivity index (χ3v) is 4.30. The van der Waals surface area contributed by atoms with Crippen LogP contribution in [0.3, 0.4) is 0 Å². The van der Waals surface area contributed by atoms with Crippen molar-refractivity contribution < 1.29 is 0 Å². The minimum atomic E-state index is 0.193. The molecule has 1 atom stereocenters. The first kappa shape index (κ1) is 12.8. The van der Waals surface area contributed by atoms with Crippen LogP contribution in [0.15, 0.2) is 29.9 Å². The van der Waals surface area contributed by atoms with Crippen LogP contribution in [0.2, 0.25) is 0 Å². The summed E-state index contributed by atoms with van der Waals surface area (Å²) in [7, 11) is 0. The van der Waals surface area contributed by atoms with E-state index in [1.165, 1.54) is 24.1 Å². The number of nitrogens with one attached hydrogen (secondary N) is 1. The van der Waals surface area contributed by atoms with E-state index in [2.05, 4.69) is 35.6 Å². The topological polar surface area (TPSA) is 37.8 Å². The van der Waals surface area contributed by atoms with E-state index in [9.17, 15) is 0 Å². The summed E-state index contributed by atoms with van der Waals surface area (Å²) in [4.78, 5) is 9.03. The highest BCUT2D eigenvalue weighted by molar-refractivity contribution is 7.09. The van der Waals surface area contributed by atoms with Crippen molar-refractivity contribution >= 4 is 11.3 Å². The number of aromatic nitrogens is 2.